The van der Waals surface area contributed by atoms with Crippen molar-refractivity contribution in [1.29, 1.82) is 0 Å². The fourth-order valence-corrected chi connectivity index (χ4v) is 2.36. The minimum Gasteiger partial charge on any atom is -0.353 e. The minimum atomic E-state index is -0.147. The fourth-order valence-electron chi connectivity index (χ4n) is 2.36. The SMILES string of the molecule is O=C1CN(O)C2(CCCCC2)CN1. The summed E-state index contributed by atoms with van der Waals surface area (Å²) in [5.74, 6) is -0.0706. The van der Waals surface area contributed by atoms with E-state index in [1.54, 1.807) is 0 Å². The van der Waals surface area contributed by atoms with E-state index in [1.165, 1.54) is 11.5 Å². The molecule has 0 aromatic heterocycles. The Bertz CT molecular complexity index is 212. The number of hydroxylamine groups is 2. The van der Waals surface area contributed by atoms with Crippen LogP contribution in [-0.2, 0) is 4.79 Å². The van der Waals surface area contributed by atoms with Crippen LogP contribution in [0.3, 0.4) is 0 Å². The molecule has 1 saturated carbocycles. The van der Waals surface area contributed by atoms with Crippen molar-refractivity contribution in [3.05, 3.63) is 0 Å². The summed E-state index contributed by atoms with van der Waals surface area (Å²) in [5.41, 5.74) is -0.147. The van der Waals surface area contributed by atoms with Gasteiger partial charge in [-0.05, 0) is 12.8 Å². The lowest BCUT2D eigenvalue weighted by molar-refractivity contribution is -0.198. The summed E-state index contributed by atoms with van der Waals surface area (Å²) in [6.45, 7) is 0.752. The third-order valence-corrected chi connectivity index (χ3v) is 3.24. The Morgan fingerprint density at radius 1 is 1.31 bits per heavy atom. The first-order valence-corrected chi connectivity index (χ1v) is 4.96. The summed E-state index contributed by atoms with van der Waals surface area (Å²) >= 11 is 0. The Kier molecular flexibility index (Phi) is 2.26. The monoisotopic (exact) mass is 184 g/mol. The first kappa shape index (κ1) is 8.97. The van der Waals surface area contributed by atoms with E-state index in [2.05, 4.69) is 5.32 Å². The number of carbonyl (C=O) groups excluding carboxylic acids is 1. The van der Waals surface area contributed by atoms with Crippen LogP contribution in [0.2, 0.25) is 0 Å². The highest BCUT2D eigenvalue weighted by atomic mass is 16.5. The predicted molar refractivity (Wildman–Crippen MR) is 47.3 cm³/mol. The summed E-state index contributed by atoms with van der Waals surface area (Å²) < 4.78 is 0. The second-order valence-electron chi connectivity index (χ2n) is 4.12. The lowest BCUT2D eigenvalue weighted by Crippen LogP contribution is -2.62. The van der Waals surface area contributed by atoms with Gasteiger partial charge in [0.2, 0.25) is 5.91 Å². The van der Waals surface area contributed by atoms with Crippen LogP contribution >= 0.6 is 0 Å². The molecule has 1 aliphatic carbocycles. The highest BCUT2D eigenvalue weighted by molar-refractivity contribution is 5.78. The van der Waals surface area contributed by atoms with E-state index in [-0.39, 0.29) is 18.0 Å². The number of carbonyl (C=O) groups is 1. The number of hydrogen-bond donors (Lipinski definition) is 2. The molecule has 1 amide bonds. The second-order valence-corrected chi connectivity index (χ2v) is 4.12. The summed E-state index contributed by atoms with van der Waals surface area (Å²) in [6.07, 6.45) is 5.58. The van der Waals surface area contributed by atoms with Crippen molar-refractivity contribution in [1.82, 2.24) is 10.4 Å². The van der Waals surface area contributed by atoms with Crippen LogP contribution in [0.4, 0.5) is 0 Å². The van der Waals surface area contributed by atoms with Crippen LogP contribution in [0, 0.1) is 0 Å². The van der Waals surface area contributed by atoms with Crippen molar-refractivity contribution in [3.63, 3.8) is 0 Å². The Labute approximate surface area is 77.9 Å². The van der Waals surface area contributed by atoms with Gasteiger partial charge in [-0.25, -0.2) is 0 Å². The lowest BCUT2D eigenvalue weighted by Gasteiger charge is -2.45. The first-order valence-electron chi connectivity index (χ1n) is 4.96. The zero-order valence-corrected chi connectivity index (χ0v) is 7.75. The smallest absolute Gasteiger partial charge is 0.236 e. The van der Waals surface area contributed by atoms with Crippen LogP contribution in [0.15, 0.2) is 0 Å². The van der Waals surface area contributed by atoms with Gasteiger partial charge in [0.05, 0.1) is 5.54 Å². The molecule has 0 radical (unpaired) electrons. The van der Waals surface area contributed by atoms with Crippen LogP contribution < -0.4 is 5.32 Å². The van der Waals surface area contributed by atoms with E-state index < -0.39 is 0 Å². The van der Waals surface area contributed by atoms with Crippen LogP contribution in [-0.4, -0.2) is 34.8 Å². The Morgan fingerprint density at radius 2 is 2.00 bits per heavy atom. The Balaban J connectivity index is 2.07. The maximum Gasteiger partial charge on any atom is 0.236 e. The molecule has 74 valence electrons. The van der Waals surface area contributed by atoms with Gasteiger partial charge in [0.15, 0.2) is 0 Å². The summed E-state index contributed by atoms with van der Waals surface area (Å²) in [5, 5.41) is 13.8. The number of piperazine rings is 1. The number of nitrogens with zero attached hydrogens (tertiary/aromatic N) is 1. The van der Waals surface area contributed by atoms with Crippen LogP contribution in [0.25, 0.3) is 0 Å². The summed E-state index contributed by atoms with van der Waals surface area (Å²) in [7, 11) is 0. The zero-order chi connectivity index (χ0) is 9.31. The van der Waals surface area contributed by atoms with Gasteiger partial charge in [0.1, 0.15) is 6.54 Å². The molecular weight excluding hydrogens is 168 g/mol. The molecule has 2 rings (SSSR count). The molecule has 0 bridgehead atoms. The molecule has 4 heteroatoms. The first-order chi connectivity index (χ1) is 6.23. The minimum absolute atomic E-state index is 0.0706. The molecule has 0 aromatic rings. The molecule has 1 spiro atoms. The molecular formula is C9H16N2O2. The number of rotatable bonds is 0. The summed E-state index contributed by atoms with van der Waals surface area (Å²) in [6, 6.07) is 0. The molecule has 2 fully saturated rings. The molecule has 2 aliphatic rings. The van der Waals surface area contributed by atoms with Crippen molar-refractivity contribution in [2.75, 3.05) is 13.1 Å². The van der Waals surface area contributed by atoms with E-state index in [0.29, 0.717) is 6.54 Å². The highest BCUT2D eigenvalue weighted by Gasteiger charge is 2.41. The van der Waals surface area contributed by atoms with E-state index in [0.717, 1.165) is 25.7 Å². The average Bonchev–Trinajstić information content (AvgIpc) is 2.14. The number of amides is 1. The molecule has 0 atom stereocenters. The largest absolute Gasteiger partial charge is 0.353 e. The standard InChI is InChI=1S/C9H16N2O2/c12-8-6-11(13)9(7-10-8)4-2-1-3-5-9/h13H,1-7H2,(H,10,12). The molecule has 1 aliphatic heterocycles. The normalized spacial score (nSPS) is 28.8. The highest BCUT2D eigenvalue weighted by Crippen LogP contribution is 2.33. The molecule has 4 nitrogen and oxygen atoms in total. The van der Waals surface area contributed by atoms with E-state index in [4.69, 9.17) is 0 Å². The van der Waals surface area contributed by atoms with Crippen molar-refractivity contribution < 1.29 is 10.0 Å². The van der Waals surface area contributed by atoms with Crippen molar-refractivity contribution in [3.8, 4) is 0 Å². The summed E-state index contributed by atoms with van der Waals surface area (Å²) in [4.78, 5) is 11.0. The van der Waals surface area contributed by atoms with Crippen molar-refractivity contribution in [2.24, 2.45) is 0 Å². The van der Waals surface area contributed by atoms with Gasteiger partial charge in [-0.1, -0.05) is 19.3 Å². The van der Waals surface area contributed by atoms with Gasteiger partial charge >= 0.3 is 0 Å². The van der Waals surface area contributed by atoms with Gasteiger partial charge in [0, 0.05) is 6.54 Å². The molecule has 2 N–H and O–H groups in total. The van der Waals surface area contributed by atoms with Gasteiger partial charge in [-0.3, -0.25) is 4.79 Å². The average molecular weight is 184 g/mol. The molecule has 0 unspecified atom stereocenters. The van der Waals surface area contributed by atoms with Crippen molar-refractivity contribution >= 4 is 5.91 Å². The number of hydrogen-bond acceptors (Lipinski definition) is 3. The topological polar surface area (TPSA) is 52.6 Å². The van der Waals surface area contributed by atoms with E-state index in [1.807, 2.05) is 0 Å². The molecule has 1 saturated heterocycles. The van der Waals surface area contributed by atoms with Gasteiger partial charge in [0.25, 0.3) is 0 Å². The Morgan fingerprint density at radius 3 is 2.62 bits per heavy atom. The quantitative estimate of drug-likeness (QED) is 0.576. The second kappa shape index (κ2) is 3.27. The van der Waals surface area contributed by atoms with E-state index in [9.17, 15) is 10.0 Å². The molecule has 0 aromatic carbocycles. The van der Waals surface area contributed by atoms with E-state index >= 15 is 0 Å². The maximum atomic E-state index is 11.0. The number of nitrogens with one attached hydrogen (secondary N) is 1. The van der Waals surface area contributed by atoms with Gasteiger partial charge in [-0.2, -0.15) is 5.06 Å². The zero-order valence-electron chi connectivity index (χ0n) is 7.75. The third-order valence-electron chi connectivity index (χ3n) is 3.24. The van der Waals surface area contributed by atoms with Gasteiger partial charge < -0.3 is 10.5 Å². The lowest BCUT2D eigenvalue weighted by atomic mass is 9.80. The molecule has 13 heavy (non-hydrogen) atoms. The van der Waals surface area contributed by atoms with Crippen LogP contribution in [0.5, 0.6) is 0 Å². The Hall–Kier alpha value is -0.610. The third kappa shape index (κ3) is 1.56. The van der Waals surface area contributed by atoms with Crippen molar-refractivity contribution in [2.45, 2.75) is 37.6 Å². The van der Waals surface area contributed by atoms with Crippen LogP contribution in [0.1, 0.15) is 32.1 Å². The molecule has 1 heterocycles. The fraction of sp³-hybridized carbons (Fsp3) is 0.889. The maximum absolute atomic E-state index is 11.0. The van der Waals surface area contributed by atoms with Gasteiger partial charge in [-0.15, -0.1) is 0 Å². The predicted octanol–water partition coefficient (Wildman–Crippen LogP) is 0.510.